The summed E-state index contributed by atoms with van der Waals surface area (Å²) in [5.41, 5.74) is 0.423. The first kappa shape index (κ1) is 11.2. The molecular formula is C14H14N2O2. The Bertz CT molecular complexity index is 592. The van der Waals surface area contributed by atoms with E-state index < -0.39 is 6.10 Å². The van der Waals surface area contributed by atoms with Gasteiger partial charge in [-0.1, -0.05) is 24.3 Å². The van der Waals surface area contributed by atoms with Crippen molar-refractivity contribution in [2.24, 2.45) is 0 Å². The first-order valence-corrected chi connectivity index (χ1v) is 6.08. The molecule has 2 aromatic rings. The van der Waals surface area contributed by atoms with E-state index in [4.69, 9.17) is 0 Å². The summed E-state index contributed by atoms with van der Waals surface area (Å²) in [4.78, 5) is 16.3. The zero-order valence-corrected chi connectivity index (χ0v) is 9.84. The highest BCUT2D eigenvalue weighted by atomic mass is 16.3. The molecule has 4 nitrogen and oxygen atoms in total. The molecule has 1 aliphatic carbocycles. The van der Waals surface area contributed by atoms with E-state index in [-0.39, 0.29) is 11.9 Å². The van der Waals surface area contributed by atoms with Gasteiger partial charge in [0.05, 0.1) is 12.1 Å². The Morgan fingerprint density at radius 1 is 1.28 bits per heavy atom. The number of pyridine rings is 1. The third-order valence-corrected chi connectivity index (χ3v) is 3.44. The maximum absolute atomic E-state index is 12.1. The number of nitrogens with one attached hydrogen (secondary N) is 1. The lowest BCUT2D eigenvalue weighted by molar-refractivity contribution is 0.0446. The molecule has 3 rings (SSSR count). The Balaban J connectivity index is 1.91. The molecule has 1 heterocycles. The van der Waals surface area contributed by atoms with E-state index >= 15 is 0 Å². The molecule has 0 radical (unpaired) electrons. The first-order valence-electron chi connectivity index (χ1n) is 6.08. The van der Waals surface area contributed by atoms with Crippen molar-refractivity contribution in [1.29, 1.82) is 0 Å². The molecule has 0 saturated heterocycles. The zero-order valence-electron chi connectivity index (χ0n) is 9.84. The smallest absolute Gasteiger partial charge is 0.270 e. The van der Waals surface area contributed by atoms with E-state index in [1.54, 1.807) is 6.20 Å². The third-order valence-electron chi connectivity index (χ3n) is 3.44. The number of fused-ring (bicyclic) bond motifs is 1. The topological polar surface area (TPSA) is 62.2 Å². The summed E-state index contributed by atoms with van der Waals surface area (Å²) in [7, 11) is 0. The molecule has 1 aliphatic rings. The fraction of sp³-hybridized carbons (Fsp3) is 0.286. The van der Waals surface area contributed by atoms with Gasteiger partial charge in [-0.25, -0.2) is 0 Å². The Hall–Kier alpha value is -1.94. The molecular weight excluding hydrogens is 228 g/mol. The summed E-state index contributed by atoms with van der Waals surface area (Å²) >= 11 is 0. The monoisotopic (exact) mass is 242 g/mol. The summed E-state index contributed by atoms with van der Waals surface area (Å²) in [6.07, 6.45) is 2.81. The standard InChI is InChI=1S/C14H14N2O2/c17-12-6-5-11(12)16-14(18)13-10-4-2-1-3-9(10)7-8-15-13/h1-4,7-8,11-12,17H,5-6H2,(H,16,18). The molecule has 1 saturated carbocycles. The molecule has 0 spiro atoms. The number of rotatable bonds is 2. The highest BCUT2D eigenvalue weighted by Crippen LogP contribution is 2.21. The van der Waals surface area contributed by atoms with Gasteiger partial charge in [0.25, 0.3) is 5.91 Å². The van der Waals surface area contributed by atoms with Gasteiger partial charge >= 0.3 is 0 Å². The van der Waals surface area contributed by atoms with Gasteiger partial charge in [-0.2, -0.15) is 0 Å². The summed E-state index contributed by atoms with van der Waals surface area (Å²) in [6.45, 7) is 0. The fourth-order valence-electron chi connectivity index (χ4n) is 2.19. The Labute approximate surface area is 105 Å². The van der Waals surface area contributed by atoms with E-state index in [1.807, 2.05) is 30.3 Å². The Morgan fingerprint density at radius 3 is 2.83 bits per heavy atom. The number of amides is 1. The van der Waals surface area contributed by atoms with Gasteiger partial charge in [0, 0.05) is 11.6 Å². The molecule has 2 atom stereocenters. The summed E-state index contributed by atoms with van der Waals surface area (Å²) in [5.74, 6) is -0.212. The molecule has 2 unspecified atom stereocenters. The van der Waals surface area contributed by atoms with Crippen molar-refractivity contribution in [1.82, 2.24) is 10.3 Å². The number of hydrogen-bond acceptors (Lipinski definition) is 3. The van der Waals surface area contributed by atoms with Crippen LogP contribution in [0.25, 0.3) is 10.8 Å². The summed E-state index contributed by atoms with van der Waals surface area (Å²) in [6, 6.07) is 9.40. The second-order valence-corrected chi connectivity index (χ2v) is 4.61. The maximum Gasteiger partial charge on any atom is 0.270 e. The minimum atomic E-state index is -0.413. The van der Waals surface area contributed by atoms with Crippen LogP contribution in [0, 0.1) is 0 Å². The lowest BCUT2D eigenvalue weighted by Crippen LogP contribution is -2.50. The quantitative estimate of drug-likeness (QED) is 0.838. The van der Waals surface area contributed by atoms with Gasteiger partial charge in [-0.3, -0.25) is 9.78 Å². The number of benzene rings is 1. The molecule has 1 amide bonds. The van der Waals surface area contributed by atoms with Crippen LogP contribution in [0.15, 0.2) is 36.5 Å². The van der Waals surface area contributed by atoms with Gasteiger partial charge in [0.1, 0.15) is 5.69 Å². The van der Waals surface area contributed by atoms with Crippen LogP contribution in [-0.2, 0) is 0 Å². The minimum absolute atomic E-state index is 0.127. The number of hydrogen-bond donors (Lipinski definition) is 2. The average molecular weight is 242 g/mol. The third kappa shape index (κ3) is 1.84. The van der Waals surface area contributed by atoms with E-state index in [2.05, 4.69) is 10.3 Å². The van der Waals surface area contributed by atoms with Crippen molar-refractivity contribution in [3.05, 3.63) is 42.2 Å². The van der Waals surface area contributed by atoms with Crippen LogP contribution in [0.3, 0.4) is 0 Å². The molecule has 1 aromatic heterocycles. The molecule has 18 heavy (non-hydrogen) atoms. The van der Waals surface area contributed by atoms with E-state index in [9.17, 15) is 9.90 Å². The highest BCUT2D eigenvalue weighted by molar-refractivity contribution is 6.05. The maximum atomic E-state index is 12.1. The summed E-state index contributed by atoms with van der Waals surface area (Å²) < 4.78 is 0. The van der Waals surface area contributed by atoms with Gasteiger partial charge < -0.3 is 10.4 Å². The first-order chi connectivity index (χ1) is 8.75. The van der Waals surface area contributed by atoms with Crippen LogP contribution in [0.5, 0.6) is 0 Å². The van der Waals surface area contributed by atoms with E-state index in [0.717, 1.165) is 23.6 Å². The molecule has 2 N–H and O–H groups in total. The SMILES string of the molecule is O=C(NC1CCC1O)c1nccc2ccccc12. The number of aromatic nitrogens is 1. The molecule has 0 aliphatic heterocycles. The molecule has 1 aromatic carbocycles. The molecule has 4 heteroatoms. The number of aliphatic hydroxyl groups is 1. The van der Waals surface area contributed by atoms with Crippen LogP contribution < -0.4 is 5.32 Å². The predicted molar refractivity (Wildman–Crippen MR) is 68.2 cm³/mol. The number of aliphatic hydroxyl groups excluding tert-OH is 1. The fourth-order valence-corrected chi connectivity index (χ4v) is 2.19. The molecule has 1 fully saturated rings. The number of nitrogens with zero attached hydrogens (tertiary/aromatic N) is 1. The minimum Gasteiger partial charge on any atom is -0.391 e. The molecule has 92 valence electrons. The largest absolute Gasteiger partial charge is 0.391 e. The van der Waals surface area contributed by atoms with Crippen molar-refractivity contribution < 1.29 is 9.90 Å². The normalized spacial score (nSPS) is 22.5. The van der Waals surface area contributed by atoms with Crippen LogP contribution in [0.4, 0.5) is 0 Å². The zero-order chi connectivity index (χ0) is 12.5. The van der Waals surface area contributed by atoms with Crippen molar-refractivity contribution in [3.63, 3.8) is 0 Å². The Morgan fingerprint density at radius 2 is 2.11 bits per heavy atom. The van der Waals surface area contributed by atoms with E-state index in [0.29, 0.717) is 5.69 Å². The number of carbonyl (C=O) groups is 1. The van der Waals surface area contributed by atoms with Crippen molar-refractivity contribution in [2.75, 3.05) is 0 Å². The average Bonchev–Trinajstić information content (AvgIpc) is 2.42. The highest BCUT2D eigenvalue weighted by Gasteiger charge is 2.30. The summed E-state index contributed by atoms with van der Waals surface area (Å²) in [5, 5.41) is 14.1. The predicted octanol–water partition coefficient (Wildman–Crippen LogP) is 1.49. The van der Waals surface area contributed by atoms with E-state index in [1.165, 1.54) is 0 Å². The van der Waals surface area contributed by atoms with Gasteiger partial charge in [-0.15, -0.1) is 0 Å². The van der Waals surface area contributed by atoms with Gasteiger partial charge in [0.15, 0.2) is 0 Å². The second-order valence-electron chi connectivity index (χ2n) is 4.61. The molecule has 0 bridgehead atoms. The van der Waals surface area contributed by atoms with Crippen LogP contribution in [-0.4, -0.2) is 28.1 Å². The van der Waals surface area contributed by atoms with Crippen molar-refractivity contribution in [3.8, 4) is 0 Å². The Kier molecular flexibility index (Phi) is 2.72. The van der Waals surface area contributed by atoms with Crippen LogP contribution in [0.2, 0.25) is 0 Å². The van der Waals surface area contributed by atoms with Crippen LogP contribution in [0.1, 0.15) is 23.3 Å². The lowest BCUT2D eigenvalue weighted by atomic mass is 9.89. The lowest BCUT2D eigenvalue weighted by Gasteiger charge is -2.32. The van der Waals surface area contributed by atoms with Crippen molar-refractivity contribution in [2.45, 2.75) is 25.0 Å². The van der Waals surface area contributed by atoms with Gasteiger partial charge in [0.2, 0.25) is 0 Å². The van der Waals surface area contributed by atoms with Crippen LogP contribution >= 0.6 is 0 Å². The second kappa shape index (κ2) is 4.38. The van der Waals surface area contributed by atoms with Gasteiger partial charge in [-0.05, 0) is 24.3 Å². The van der Waals surface area contributed by atoms with Crippen molar-refractivity contribution >= 4 is 16.7 Å². The number of carbonyl (C=O) groups excluding carboxylic acids is 1.